The molecular weight excluding hydrogens is 709 g/mol. The van der Waals surface area contributed by atoms with E-state index in [1.807, 2.05) is 49.4 Å². The summed E-state index contributed by atoms with van der Waals surface area (Å²) in [4.78, 5) is 26.6. The maximum absolute atomic E-state index is 13.4. The molecule has 0 unspecified atom stereocenters. The van der Waals surface area contributed by atoms with Crippen molar-refractivity contribution in [2.45, 2.75) is 144 Å². The predicted molar refractivity (Wildman–Crippen MR) is 237 cm³/mol. The summed E-state index contributed by atoms with van der Waals surface area (Å²) < 4.78 is 0. The smallest absolute Gasteiger partial charge is 0.224 e. The number of aryl methyl sites for hydroxylation is 2. The molecule has 0 heterocycles. The molecule has 0 saturated heterocycles. The molecule has 0 bridgehead atoms. The van der Waals surface area contributed by atoms with Gasteiger partial charge in [-0.15, -0.1) is 0 Å². The molecule has 0 radical (unpaired) electrons. The summed E-state index contributed by atoms with van der Waals surface area (Å²) in [6.07, 6.45) is 1.89. The Labute approximate surface area is 341 Å². The van der Waals surface area contributed by atoms with Crippen LogP contribution in [-0.2, 0) is 50.5 Å². The Morgan fingerprint density at radius 3 is 1.33 bits per heavy atom. The number of phenolic OH excluding ortho intramolecular Hbond substituents is 3. The quantitative estimate of drug-likeness (QED) is 0.0972. The summed E-state index contributed by atoms with van der Waals surface area (Å²) in [5, 5.41) is 39.2. The van der Waals surface area contributed by atoms with Crippen molar-refractivity contribution in [3.63, 3.8) is 0 Å². The van der Waals surface area contributed by atoms with Gasteiger partial charge in [0, 0.05) is 36.2 Å². The summed E-state index contributed by atoms with van der Waals surface area (Å²) in [7, 11) is 0. The number of amides is 2. The lowest BCUT2D eigenvalue weighted by molar-refractivity contribution is -0.117. The Balaban J connectivity index is 1.49. The average molecular weight is 775 g/mol. The highest BCUT2D eigenvalue weighted by molar-refractivity contribution is 5.92. The Bertz CT molecular complexity index is 2080. The normalized spacial score (nSPS) is 12.4. The zero-order valence-electron chi connectivity index (χ0n) is 36.7. The van der Waals surface area contributed by atoms with Gasteiger partial charge in [-0.2, -0.15) is 0 Å². The SMILES string of the molecule is C=C(C)c1cc(Cc2cc(NC(=O)CCc3cc(C(C)(C)C)c(O)c(C(C)(C)C)c3)ccc2O)cc(NC(=O)CCc2cc(C(C)(C)C)c(O)c(C(C)(C)C)c2)c1. The average Bonchev–Trinajstić information content (AvgIpc) is 3.06. The van der Waals surface area contributed by atoms with Crippen molar-refractivity contribution in [2.75, 3.05) is 10.6 Å². The summed E-state index contributed by atoms with van der Waals surface area (Å²) in [5.74, 6) is 0.456. The van der Waals surface area contributed by atoms with Gasteiger partial charge >= 0.3 is 0 Å². The number of phenols is 3. The van der Waals surface area contributed by atoms with Gasteiger partial charge in [0.2, 0.25) is 11.8 Å². The molecule has 0 spiro atoms. The minimum Gasteiger partial charge on any atom is -0.508 e. The lowest BCUT2D eigenvalue weighted by atomic mass is 9.78. The van der Waals surface area contributed by atoms with Gasteiger partial charge in [-0.3, -0.25) is 9.59 Å². The van der Waals surface area contributed by atoms with E-state index in [0.717, 1.165) is 50.1 Å². The van der Waals surface area contributed by atoms with Gasteiger partial charge in [-0.25, -0.2) is 0 Å². The highest BCUT2D eigenvalue weighted by Gasteiger charge is 2.28. The number of hydrogen-bond donors (Lipinski definition) is 5. The number of nitrogens with one attached hydrogen (secondary N) is 2. The van der Waals surface area contributed by atoms with Crippen LogP contribution < -0.4 is 10.6 Å². The molecule has 5 N–H and O–H groups in total. The first kappa shape index (κ1) is 44.7. The second kappa shape index (κ2) is 16.8. The van der Waals surface area contributed by atoms with E-state index in [2.05, 4.69) is 100 Å². The highest BCUT2D eigenvalue weighted by atomic mass is 16.3. The van der Waals surface area contributed by atoms with Crippen LogP contribution in [0.5, 0.6) is 17.2 Å². The zero-order valence-corrected chi connectivity index (χ0v) is 36.7. The van der Waals surface area contributed by atoms with Crippen molar-refractivity contribution in [3.05, 3.63) is 117 Å². The van der Waals surface area contributed by atoms with Crippen LogP contribution in [0.3, 0.4) is 0 Å². The van der Waals surface area contributed by atoms with Crippen molar-refractivity contribution in [2.24, 2.45) is 0 Å². The predicted octanol–water partition coefficient (Wildman–Crippen LogP) is 11.8. The van der Waals surface area contributed by atoms with Gasteiger partial charge in [-0.1, -0.05) is 126 Å². The second-order valence-electron chi connectivity index (χ2n) is 19.9. The Kier molecular flexibility index (Phi) is 13.2. The summed E-state index contributed by atoms with van der Waals surface area (Å²) in [6.45, 7) is 31.0. The highest BCUT2D eigenvalue weighted by Crippen LogP contribution is 2.41. The first-order valence-electron chi connectivity index (χ1n) is 20.1. The van der Waals surface area contributed by atoms with Gasteiger partial charge < -0.3 is 26.0 Å². The van der Waals surface area contributed by atoms with Gasteiger partial charge in [0.1, 0.15) is 17.2 Å². The van der Waals surface area contributed by atoms with Crippen LogP contribution in [-0.4, -0.2) is 27.1 Å². The standard InChI is InChI=1S/C50H66N2O5/c1-30(2)34-21-33(23-37(28-34)52-44(55)20-16-32-26-40(49(9,10)11)46(57)41(27-32)50(12,13)14)22-35-29-36(17-18-42(35)53)51-43(54)19-15-31-24-38(47(3,4)5)45(56)39(25-31)48(6,7)8/h17-18,21,23-29,53,56-57H,1,15-16,19-20,22H2,2-14H3,(H,51,54)(H,52,55). The number of carbonyl (C=O) groups is 2. The van der Waals surface area contributed by atoms with Crippen LogP contribution in [0.4, 0.5) is 11.4 Å². The Hall–Kier alpha value is -5.04. The maximum atomic E-state index is 13.4. The molecule has 7 nitrogen and oxygen atoms in total. The number of hydrogen-bond acceptors (Lipinski definition) is 5. The molecule has 306 valence electrons. The molecule has 4 aromatic rings. The summed E-state index contributed by atoms with van der Waals surface area (Å²) in [6, 6.07) is 18.9. The Morgan fingerprint density at radius 1 is 0.544 bits per heavy atom. The van der Waals surface area contributed by atoms with Gasteiger partial charge in [-0.05, 0) is 116 Å². The molecule has 7 heteroatoms. The van der Waals surface area contributed by atoms with E-state index in [1.165, 1.54) is 0 Å². The first-order valence-corrected chi connectivity index (χ1v) is 20.1. The molecule has 0 aliphatic carbocycles. The van der Waals surface area contributed by atoms with E-state index < -0.39 is 0 Å². The monoisotopic (exact) mass is 774 g/mol. The van der Waals surface area contributed by atoms with E-state index in [-0.39, 0.29) is 52.1 Å². The number of aromatic hydroxyl groups is 3. The van der Waals surface area contributed by atoms with Crippen LogP contribution in [0.1, 0.15) is 153 Å². The molecule has 0 aliphatic rings. The molecule has 0 atom stereocenters. The van der Waals surface area contributed by atoms with Crippen molar-refractivity contribution in [3.8, 4) is 17.2 Å². The van der Waals surface area contributed by atoms with Crippen molar-refractivity contribution >= 4 is 28.8 Å². The third-order valence-corrected chi connectivity index (χ3v) is 10.4. The van der Waals surface area contributed by atoms with E-state index in [4.69, 9.17) is 0 Å². The minimum atomic E-state index is -0.261. The minimum absolute atomic E-state index is 0.103. The summed E-state index contributed by atoms with van der Waals surface area (Å²) in [5.41, 5.74) is 8.84. The summed E-state index contributed by atoms with van der Waals surface area (Å²) >= 11 is 0. The fourth-order valence-corrected chi connectivity index (χ4v) is 7.06. The molecule has 0 aromatic heterocycles. The van der Waals surface area contributed by atoms with Gasteiger partial charge in [0.15, 0.2) is 0 Å². The van der Waals surface area contributed by atoms with Gasteiger partial charge in [0.25, 0.3) is 0 Å². The lowest BCUT2D eigenvalue weighted by Gasteiger charge is -2.28. The van der Waals surface area contributed by atoms with Crippen molar-refractivity contribution < 1.29 is 24.9 Å². The molecule has 2 amide bonds. The van der Waals surface area contributed by atoms with Crippen LogP contribution in [0.25, 0.3) is 5.57 Å². The molecule has 4 rings (SSSR count). The van der Waals surface area contributed by atoms with Crippen molar-refractivity contribution in [1.29, 1.82) is 0 Å². The molecule has 4 aromatic carbocycles. The van der Waals surface area contributed by atoms with E-state index >= 15 is 0 Å². The molecule has 0 fully saturated rings. The van der Waals surface area contributed by atoms with Crippen LogP contribution in [0, 0.1) is 0 Å². The van der Waals surface area contributed by atoms with Crippen LogP contribution in [0.15, 0.2) is 67.2 Å². The molecule has 57 heavy (non-hydrogen) atoms. The molecule has 0 saturated carbocycles. The zero-order chi connectivity index (χ0) is 42.8. The Morgan fingerprint density at radius 2 is 0.947 bits per heavy atom. The van der Waals surface area contributed by atoms with Crippen molar-refractivity contribution in [1.82, 2.24) is 0 Å². The van der Waals surface area contributed by atoms with E-state index in [9.17, 15) is 24.9 Å². The van der Waals surface area contributed by atoms with Crippen LogP contribution in [0.2, 0.25) is 0 Å². The fraction of sp³-hybridized carbons (Fsp3) is 0.440. The van der Waals surface area contributed by atoms with E-state index in [1.54, 1.807) is 18.2 Å². The molecule has 0 aliphatic heterocycles. The number of benzene rings is 4. The number of rotatable bonds is 11. The third-order valence-electron chi connectivity index (χ3n) is 10.4. The van der Waals surface area contributed by atoms with Crippen LogP contribution >= 0.6 is 0 Å². The molecular formula is C50H66N2O5. The number of carbonyl (C=O) groups excluding carboxylic acids is 2. The third kappa shape index (κ3) is 11.8. The lowest BCUT2D eigenvalue weighted by Crippen LogP contribution is -2.18. The topological polar surface area (TPSA) is 119 Å². The maximum Gasteiger partial charge on any atom is 0.224 e. The number of anilines is 2. The van der Waals surface area contributed by atoms with Gasteiger partial charge in [0.05, 0.1) is 0 Å². The number of allylic oxidation sites excluding steroid dienone is 1. The fourth-order valence-electron chi connectivity index (χ4n) is 7.06. The van der Waals surface area contributed by atoms with E-state index in [0.29, 0.717) is 47.7 Å². The first-order chi connectivity index (χ1) is 26.1. The second-order valence-corrected chi connectivity index (χ2v) is 19.9. The largest absolute Gasteiger partial charge is 0.508 e.